The van der Waals surface area contributed by atoms with Crippen LogP contribution in [0.25, 0.3) is 10.9 Å². The summed E-state index contributed by atoms with van der Waals surface area (Å²) in [5, 5.41) is 0.551. The highest BCUT2D eigenvalue weighted by Gasteiger charge is 2.27. The lowest BCUT2D eigenvalue weighted by atomic mass is 9.94. The number of carbonyl (C=O) groups is 1. The van der Waals surface area contributed by atoms with Crippen molar-refractivity contribution in [3.05, 3.63) is 38.9 Å². The maximum atomic E-state index is 13.2. The zero-order valence-electron chi connectivity index (χ0n) is 18.6. The second kappa shape index (κ2) is 9.45. The largest absolute Gasteiger partial charge is 0.376 e. The third-order valence-corrected chi connectivity index (χ3v) is 7.65. The first-order valence-electron chi connectivity index (χ1n) is 12.0. The molecule has 3 fully saturated rings. The van der Waals surface area contributed by atoms with Crippen molar-refractivity contribution in [3.63, 3.8) is 0 Å². The van der Waals surface area contributed by atoms with Crippen LogP contribution in [0.2, 0.25) is 0 Å². The van der Waals surface area contributed by atoms with Crippen molar-refractivity contribution in [2.24, 2.45) is 0 Å². The summed E-state index contributed by atoms with van der Waals surface area (Å²) in [7, 11) is 0. The molecule has 3 heterocycles. The van der Waals surface area contributed by atoms with Gasteiger partial charge in [0.05, 0.1) is 23.6 Å². The van der Waals surface area contributed by atoms with Crippen LogP contribution in [0, 0.1) is 4.77 Å². The minimum Gasteiger partial charge on any atom is -0.376 e. The van der Waals surface area contributed by atoms with Gasteiger partial charge in [-0.05, 0) is 56.1 Å². The number of rotatable bonds is 4. The number of hydrogen-bond donors (Lipinski definition) is 1. The van der Waals surface area contributed by atoms with Crippen LogP contribution in [-0.4, -0.2) is 70.2 Å². The SMILES string of the molecule is O=C(c1ccc2c(=O)n(C[C@H]3CCCO3)c(=S)[nH]c2c1)N1CCN(C2CCCCC2)CC1. The molecule has 0 spiro atoms. The monoisotopic (exact) mass is 456 g/mol. The summed E-state index contributed by atoms with van der Waals surface area (Å²) < 4.78 is 7.63. The number of aromatic nitrogens is 2. The van der Waals surface area contributed by atoms with E-state index in [9.17, 15) is 9.59 Å². The minimum atomic E-state index is -0.126. The van der Waals surface area contributed by atoms with E-state index < -0.39 is 0 Å². The van der Waals surface area contributed by atoms with Gasteiger partial charge in [0.2, 0.25) is 0 Å². The number of carbonyl (C=O) groups excluding carboxylic acids is 1. The Morgan fingerprint density at radius 1 is 1.06 bits per heavy atom. The average Bonchev–Trinajstić information content (AvgIpc) is 3.35. The van der Waals surface area contributed by atoms with Crippen molar-refractivity contribution in [3.8, 4) is 0 Å². The normalized spacial score (nSPS) is 23.1. The summed E-state index contributed by atoms with van der Waals surface area (Å²) in [5.74, 6) is 0.0260. The Morgan fingerprint density at radius 3 is 2.56 bits per heavy atom. The fraction of sp³-hybridized carbons (Fsp3) is 0.625. The number of fused-ring (bicyclic) bond motifs is 1. The molecule has 1 aliphatic carbocycles. The number of piperazine rings is 1. The minimum absolute atomic E-state index is 0.0260. The molecule has 172 valence electrons. The summed E-state index contributed by atoms with van der Waals surface area (Å²) in [6.45, 7) is 4.61. The van der Waals surface area contributed by atoms with Gasteiger partial charge in [-0.2, -0.15) is 0 Å². The molecule has 0 unspecified atom stereocenters. The molecule has 7 nitrogen and oxygen atoms in total. The number of nitrogens with one attached hydrogen (secondary N) is 1. The van der Waals surface area contributed by atoms with Crippen molar-refractivity contribution in [2.75, 3.05) is 32.8 Å². The lowest BCUT2D eigenvalue weighted by Gasteiger charge is -2.40. The van der Waals surface area contributed by atoms with Gasteiger partial charge in [-0.25, -0.2) is 0 Å². The Hall–Kier alpha value is -2.03. The first-order chi connectivity index (χ1) is 15.6. The Kier molecular flexibility index (Phi) is 6.44. The van der Waals surface area contributed by atoms with Crippen LogP contribution in [-0.2, 0) is 11.3 Å². The van der Waals surface area contributed by atoms with E-state index in [1.165, 1.54) is 32.1 Å². The summed E-state index contributed by atoms with van der Waals surface area (Å²) in [4.78, 5) is 33.9. The lowest BCUT2D eigenvalue weighted by Crippen LogP contribution is -2.52. The highest BCUT2D eigenvalue weighted by molar-refractivity contribution is 7.71. The number of nitrogens with zero attached hydrogens (tertiary/aromatic N) is 3. The molecule has 3 aliphatic rings. The van der Waals surface area contributed by atoms with Crippen molar-refractivity contribution >= 4 is 29.0 Å². The van der Waals surface area contributed by atoms with E-state index >= 15 is 0 Å². The van der Waals surface area contributed by atoms with E-state index in [0.29, 0.717) is 33.8 Å². The summed E-state index contributed by atoms with van der Waals surface area (Å²) in [5.41, 5.74) is 1.10. The fourth-order valence-corrected chi connectivity index (χ4v) is 5.73. The zero-order valence-corrected chi connectivity index (χ0v) is 19.4. The molecule has 1 amide bonds. The smallest absolute Gasteiger partial charge is 0.262 e. The maximum absolute atomic E-state index is 13.2. The van der Waals surface area contributed by atoms with Crippen LogP contribution in [0.1, 0.15) is 55.3 Å². The fourth-order valence-electron chi connectivity index (χ4n) is 5.46. The molecule has 1 atom stereocenters. The van der Waals surface area contributed by atoms with Gasteiger partial charge in [0, 0.05) is 44.4 Å². The van der Waals surface area contributed by atoms with Gasteiger partial charge in [-0.15, -0.1) is 0 Å². The van der Waals surface area contributed by atoms with E-state index in [4.69, 9.17) is 17.0 Å². The first kappa shape index (κ1) is 21.8. The maximum Gasteiger partial charge on any atom is 0.262 e. The van der Waals surface area contributed by atoms with Gasteiger partial charge >= 0.3 is 0 Å². The van der Waals surface area contributed by atoms with Crippen molar-refractivity contribution in [2.45, 2.75) is 63.6 Å². The van der Waals surface area contributed by atoms with Crippen LogP contribution in [0.4, 0.5) is 0 Å². The molecule has 2 aliphatic heterocycles. The summed E-state index contributed by atoms with van der Waals surface area (Å²) in [6.07, 6.45) is 8.61. The molecule has 8 heteroatoms. The van der Waals surface area contributed by atoms with Crippen LogP contribution < -0.4 is 5.56 Å². The third-order valence-electron chi connectivity index (χ3n) is 7.33. The lowest BCUT2D eigenvalue weighted by molar-refractivity contribution is 0.0523. The van der Waals surface area contributed by atoms with Gasteiger partial charge in [0.1, 0.15) is 0 Å². The van der Waals surface area contributed by atoms with Crippen molar-refractivity contribution in [1.82, 2.24) is 19.4 Å². The van der Waals surface area contributed by atoms with Gasteiger partial charge in [-0.3, -0.25) is 19.1 Å². The number of amides is 1. The average molecular weight is 457 g/mol. The second-order valence-corrected chi connectivity index (χ2v) is 9.75. The molecule has 1 saturated carbocycles. The molecule has 1 N–H and O–H groups in total. The zero-order chi connectivity index (χ0) is 22.1. The number of hydrogen-bond acceptors (Lipinski definition) is 5. The Morgan fingerprint density at radius 2 is 1.84 bits per heavy atom. The van der Waals surface area contributed by atoms with Gasteiger partial charge in [0.15, 0.2) is 4.77 Å². The van der Waals surface area contributed by atoms with Gasteiger partial charge in [-0.1, -0.05) is 19.3 Å². The van der Waals surface area contributed by atoms with Crippen LogP contribution in [0.5, 0.6) is 0 Å². The standard InChI is InChI=1S/C24H32N4O3S/c29-22(27-12-10-26(11-13-27)18-5-2-1-3-6-18)17-8-9-20-21(15-17)25-24(32)28(23(20)30)16-19-7-4-14-31-19/h8-9,15,18-19H,1-7,10-14,16H2,(H,25,32)/t19-/m1/s1. The third kappa shape index (κ3) is 4.40. The topological polar surface area (TPSA) is 70.6 Å². The number of benzene rings is 1. The molecule has 1 aromatic heterocycles. The second-order valence-electron chi connectivity index (χ2n) is 9.36. The van der Waals surface area contributed by atoms with Crippen molar-refractivity contribution in [1.29, 1.82) is 0 Å². The van der Waals surface area contributed by atoms with Crippen LogP contribution >= 0.6 is 12.2 Å². The molecule has 0 bridgehead atoms. The van der Waals surface area contributed by atoms with Gasteiger partial charge < -0.3 is 14.6 Å². The first-order valence-corrected chi connectivity index (χ1v) is 12.4. The van der Waals surface area contributed by atoms with Gasteiger partial charge in [0.25, 0.3) is 11.5 Å². The number of aromatic amines is 1. The molecule has 1 aromatic carbocycles. The summed E-state index contributed by atoms with van der Waals surface area (Å²) in [6, 6.07) is 5.99. The summed E-state index contributed by atoms with van der Waals surface area (Å²) >= 11 is 5.46. The molecule has 2 aromatic rings. The molecule has 2 saturated heterocycles. The molecular weight excluding hydrogens is 424 g/mol. The molecule has 5 rings (SSSR count). The number of H-pyrrole nitrogens is 1. The Balaban J connectivity index is 1.30. The van der Waals surface area contributed by atoms with E-state index in [0.717, 1.165) is 45.6 Å². The number of ether oxygens (including phenoxy) is 1. The van der Waals surface area contributed by atoms with Crippen LogP contribution in [0.3, 0.4) is 0 Å². The predicted molar refractivity (Wildman–Crippen MR) is 127 cm³/mol. The molecule has 32 heavy (non-hydrogen) atoms. The Bertz CT molecular complexity index is 1090. The van der Waals surface area contributed by atoms with E-state index in [-0.39, 0.29) is 17.6 Å². The highest BCUT2D eigenvalue weighted by Crippen LogP contribution is 2.24. The highest BCUT2D eigenvalue weighted by atomic mass is 32.1. The quantitative estimate of drug-likeness (QED) is 0.715. The molecule has 0 radical (unpaired) electrons. The van der Waals surface area contributed by atoms with E-state index in [1.807, 2.05) is 4.90 Å². The molecular formula is C24H32N4O3S. The van der Waals surface area contributed by atoms with Crippen LogP contribution in [0.15, 0.2) is 23.0 Å². The van der Waals surface area contributed by atoms with E-state index in [2.05, 4.69) is 9.88 Å². The van der Waals surface area contributed by atoms with Crippen molar-refractivity contribution < 1.29 is 9.53 Å². The Labute approximate surface area is 193 Å². The predicted octanol–water partition coefficient (Wildman–Crippen LogP) is 3.33. The van der Waals surface area contributed by atoms with E-state index in [1.54, 1.807) is 22.8 Å².